The van der Waals surface area contributed by atoms with E-state index < -0.39 is 6.10 Å². The lowest BCUT2D eigenvalue weighted by molar-refractivity contribution is 0.176. The smallest absolute Gasteiger partial charge is 0.321 e. The van der Waals surface area contributed by atoms with Gasteiger partial charge < -0.3 is 20.2 Å². The summed E-state index contributed by atoms with van der Waals surface area (Å²) in [5, 5.41) is 13.0. The lowest BCUT2D eigenvalue weighted by Crippen LogP contribution is -2.33. The molecule has 2 saturated heterocycles. The zero-order valence-electron chi connectivity index (χ0n) is 12.6. The third kappa shape index (κ3) is 3.47. The highest BCUT2D eigenvalue weighted by Gasteiger charge is 2.24. The van der Waals surface area contributed by atoms with Gasteiger partial charge in [-0.1, -0.05) is 11.6 Å². The molecule has 0 aliphatic carbocycles. The first-order valence-electron chi connectivity index (χ1n) is 7.92. The largest absolute Gasteiger partial charge is 0.391 e. The molecule has 0 saturated carbocycles. The normalized spacial score (nSPS) is 22.0. The van der Waals surface area contributed by atoms with Crippen molar-refractivity contribution < 1.29 is 9.90 Å². The number of likely N-dealkylation sites (tertiary alicyclic amines) is 1. The molecular formula is C16H22ClN3O2. The molecule has 120 valence electrons. The van der Waals surface area contributed by atoms with Gasteiger partial charge >= 0.3 is 6.03 Å². The van der Waals surface area contributed by atoms with E-state index >= 15 is 0 Å². The first-order valence-corrected chi connectivity index (χ1v) is 8.30. The molecule has 0 spiro atoms. The molecule has 0 bridgehead atoms. The number of aliphatic hydroxyl groups excluding tert-OH is 1. The number of benzene rings is 1. The maximum atomic E-state index is 12.1. The van der Waals surface area contributed by atoms with Gasteiger partial charge in [0.2, 0.25) is 0 Å². The van der Waals surface area contributed by atoms with E-state index in [1.807, 2.05) is 12.1 Å². The van der Waals surface area contributed by atoms with E-state index in [1.54, 1.807) is 11.0 Å². The summed E-state index contributed by atoms with van der Waals surface area (Å²) in [4.78, 5) is 16.0. The molecule has 5 nitrogen and oxygen atoms in total. The zero-order chi connectivity index (χ0) is 15.5. The first kappa shape index (κ1) is 15.4. The van der Waals surface area contributed by atoms with Gasteiger partial charge in [-0.3, -0.25) is 0 Å². The van der Waals surface area contributed by atoms with Crippen LogP contribution in [0, 0.1) is 0 Å². The summed E-state index contributed by atoms with van der Waals surface area (Å²) in [5.41, 5.74) is 1.73. The van der Waals surface area contributed by atoms with E-state index in [0.717, 1.165) is 18.8 Å². The highest BCUT2D eigenvalue weighted by atomic mass is 35.5. The van der Waals surface area contributed by atoms with Crippen molar-refractivity contribution in [3.05, 3.63) is 23.2 Å². The van der Waals surface area contributed by atoms with Crippen LogP contribution in [0.5, 0.6) is 0 Å². The molecule has 0 radical (unpaired) electrons. The van der Waals surface area contributed by atoms with Gasteiger partial charge in [-0.2, -0.15) is 0 Å². The number of hydrogen-bond acceptors (Lipinski definition) is 3. The van der Waals surface area contributed by atoms with Crippen LogP contribution in [0.2, 0.25) is 5.02 Å². The summed E-state index contributed by atoms with van der Waals surface area (Å²) >= 11 is 6.38. The number of piperidine rings is 1. The number of carbonyl (C=O) groups is 1. The molecule has 2 aliphatic rings. The zero-order valence-corrected chi connectivity index (χ0v) is 13.4. The van der Waals surface area contributed by atoms with Gasteiger partial charge in [-0.15, -0.1) is 0 Å². The quantitative estimate of drug-likeness (QED) is 0.880. The summed E-state index contributed by atoms with van der Waals surface area (Å²) < 4.78 is 0. The van der Waals surface area contributed by atoms with E-state index in [4.69, 9.17) is 11.6 Å². The monoisotopic (exact) mass is 323 g/mol. The predicted molar refractivity (Wildman–Crippen MR) is 88.7 cm³/mol. The third-order valence-corrected chi connectivity index (χ3v) is 4.65. The fraction of sp³-hybridized carbons (Fsp3) is 0.562. The van der Waals surface area contributed by atoms with Crippen LogP contribution in [-0.2, 0) is 0 Å². The Hall–Kier alpha value is -1.46. The lowest BCUT2D eigenvalue weighted by atomic mass is 10.1. The van der Waals surface area contributed by atoms with Gasteiger partial charge in [-0.25, -0.2) is 4.79 Å². The van der Waals surface area contributed by atoms with E-state index in [-0.39, 0.29) is 6.03 Å². The molecule has 2 aliphatic heterocycles. The molecule has 1 aromatic rings. The van der Waals surface area contributed by atoms with Crippen molar-refractivity contribution in [1.82, 2.24) is 4.90 Å². The number of anilines is 2. The second-order valence-corrected chi connectivity index (χ2v) is 6.44. The Bertz CT molecular complexity index is 546. The Kier molecular flexibility index (Phi) is 4.74. The molecule has 1 atom stereocenters. The van der Waals surface area contributed by atoms with Crippen molar-refractivity contribution in [2.75, 3.05) is 36.4 Å². The summed E-state index contributed by atoms with van der Waals surface area (Å²) in [7, 11) is 0. The van der Waals surface area contributed by atoms with Gasteiger partial charge in [-0.05, 0) is 43.9 Å². The molecule has 2 amide bonds. The first-order chi connectivity index (χ1) is 10.6. The lowest BCUT2D eigenvalue weighted by Gasteiger charge is -2.29. The molecule has 6 heteroatoms. The topological polar surface area (TPSA) is 55.8 Å². The van der Waals surface area contributed by atoms with Crippen molar-refractivity contribution in [2.45, 2.75) is 31.8 Å². The number of rotatable bonds is 2. The highest BCUT2D eigenvalue weighted by Crippen LogP contribution is 2.31. The van der Waals surface area contributed by atoms with Crippen molar-refractivity contribution in [3.8, 4) is 0 Å². The molecular weight excluding hydrogens is 302 g/mol. The summed E-state index contributed by atoms with van der Waals surface area (Å²) in [6, 6.07) is 5.48. The van der Waals surface area contributed by atoms with E-state index in [2.05, 4.69) is 10.2 Å². The average Bonchev–Trinajstić information content (AvgIpc) is 2.95. The maximum absolute atomic E-state index is 12.1. The fourth-order valence-corrected chi connectivity index (χ4v) is 3.40. The number of β-amino-alcohol motifs (C(OH)–C–C–N with tert-alkyl or cyclic N) is 1. The van der Waals surface area contributed by atoms with Gasteiger partial charge in [0.25, 0.3) is 0 Å². The number of hydrogen-bond donors (Lipinski definition) is 2. The molecule has 0 unspecified atom stereocenters. The minimum absolute atomic E-state index is 0.182. The van der Waals surface area contributed by atoms with Crippen LogP contribution in [0.25, 0.3) is 0 Å². The van der Waals surface area contributed by atoms with Gasteiger partial charge in [0.05, 0.1) is 16.8 Å². The molecule has 2 heterocycles. The highest BCUT2D eigenvalue weighted by molar-refractivity contribution is 6.33. The maximum Gasteiger partial charge on any atom is 0.321 e. The number of amides is 2. The third-order valence-electron chi connectivity index (χ3n) is 4.35. The van der Waals surface area contributed by atoms with Gasteiger partial charge in [0.15, 0.2) is 0 Å². The summed E-state index contributed by atoms with van der Waals surface area (Å²) in [5.74, 6) is 0. The second kappa shape index (κ2) is 6.75. The Balaban J connectivity index is 1.65. The van der Waals surface area contributed by atoms with E-state index in [1.165, 1.54) is 19.3 Å². The minimum atomic E-state index is -0.407. The van der Waals surface area contributed by atoms with Crippen molar-refractivity contribution >= 4 is 29.0 Å². The Morgan fingerprint density at radius 3 is 2.64 bits per heavy atom. The van der Waals surface area contributed by atoms with Gasteiger partial charge in [0.1, 0.15) is 0 Å². The fourth-order valence-electron chi connectivity index (χ4n) is 3.10. The van der Waals surface area contributed by atoms with Crippen molar-refractivity contribution in [1.29, 1.82) is 0 Å². The predicted octanol–water partition coefficient (Wildman–Crippen LogP) is 2.93. The summed E-state index contributed by atoms with van der Waals surface area (Å²) in [6.45, 7) is 3.06. The number of aliphatic hydroxyl groups is 1. The Morgan fingerprint density at radius 2 is 2.00 bits per heavy atom. The molecule has 0 aromatic heterocycles. The Labute approximate surface area is 135 Å². The molecule has 2 fully saturated rings. The van der Waals surface area contributed by atoms with Crippen LogP contribution in [0.3, 0.4) is 0 Å². The molecule has 1 aromatic carbocycles. The number of halogens is 1. The molecule has 22 heavy (non-hydrogen) atoms. The Morgan fingerprint density at radius 1 is 1.23 bits per heavy atom. The second-order valence-electron chi connectivity index (χ2n) is 6.03. The van der Waals surface area contributed by atoms with Crippen LogP contribution in [0.15, 0.2) is 18.2 Å². The molecule has 3 rings (SSSR count). The average molecular weight is 324 g/mol. The van der Waals surface area contributed by atoms with E-state index in [0.29, 0.717) is 30.2 Å². The summed E-state index contributed by atoms with van der Waals surface area (Å²) in [6.07, 6.45) is 3.92. The molecule has 2 N–H and O–H groups in total. The SMILES string of the molecule is O=C(Nc1ccc(N2CCCCC2)c(Cl)c1)N1CC[C@H](O)C1. The van der Waals surface area contributed by atoms with Crippen molar-refractivity contribution in [2.24, 2.45) is 0 Å². The van der Waals surface area contributed by atoms with Crippen LogP contribution in [0.1, 0.15) is 25.7 Å². The van der Waals surface area contributed by atoms with Crippen molar-refractivity contribution in [3.63, 3.8) is 0 Å². The van der Waals surface area contributed by atoms with Crippen LogP contribution >= 0.6 is 11.6 Å². The minimum Gasteiger partial charge on any atom is -0.391 e. The van der Waals surface area contributed by atoms with Gasteiger partial charge in [0, 0.05) is 31.9 Å². The number of nitrogens with one attached hydrogen (secondary N) is 1. The number of carbonyl (C=O) groups excluding carboxylic acids is 1. The van der Waals surface area contributed by atoms with E-state index in [9.17, 15) is 9.90 Å². The number of nitrogens with zero attached hydrogens (tertiary/aromatic N) is 2. The van der Waals surface area contributed by atoms with Crippen LogP contribution in [-0.4, -0.2) is 48.3 Å². The van der Waals surface area contributed by atoms with Crippen LogP contribution < -0.4 is 10.2 Å². The van der Waals surface area contributed by atoms with Crippen LogP contribution in [0.4, 0.5) is 16.2 Å². The standard InChI is InChI=1S/C16H22ClN3O2/c17-14-10-12(18-16(22)20-9-6-13(21)11-20)4-5-15(14)19-7-2-1-3-8-19/h4-5,10,13,21H,1-3,6-9,11H2,(H,18,22)/t13-/m0/s1. The number of urea groups is 1.